The van der Waals surface area contributed by atoms with Crippen molar-refractivity contribution < 1.29 is 4.79 Å². The molecule has 1 atom stereocenters. The number of anilines is 1. The monoisotopic (exact) mass is 329 g/mol. The quantitative estimate of drug-likeness (QED) is 0.858. The van der Waals surface area contributed by atoms with Crippen molar-refractivity contribution in [3.8, 4) is 18.4 Å². The summed E-state index contributed by atoms with van der Waals surface area (Å²) >= 11 is 0. The summed E-state index contributed by atoms with van der Waals surface area (Å²) in [5.74, 6) is 2.56. The minimum Gasteiger partial charge on any atom is -0.325 e. The van der Waals surface area contributed by atoms with Gasteiger partial charge in [-0.1, -0.05) is 30.2 Å². The molecule has 0 spiro atoms. The number of nitrogens with zero attached hydrogens (tertiary/aromatic N) is 2. The number of nitriles is 1. The minimum atomic E-state index is -0.107. The first kappa shape index (κ1) is 16.8. The van der Waals surface area contributed by atoms with Crippen molar-refractivity contribution in [3.63, 3.8) is 0 Å². The lowest BCUT2D eigenvalue weighted by atomic mass is 10.1. The number of aryl methyl sites for hydroxylation is 1. The summed E-state index contributed by atoms with van der Waals surface area (Å²) in [6.07, 6.45) is 7.51. The molecule has 4 heteroatoms. The van der Waals surface area contributed by atoms with E-state index in [0.29, 0.717) is 17.8 Å². The first-order valence-corrected chi connectivity index (χ1v) is 8.26. The van der Waals surface area contributed by atoms with Gasteiger partial charge in [-0.25, -0.2) is 0 Å². The van der Waals surface area contributed by atoms with Crippen LogP contribution in [0, 0.1) is 23.7 Å². The van der Waals surface area contributed by atoms with Gasteiger partial charge in [-0.3, -0.25) is 9.69 Å². The van der Waals surface area contributed by atoms with Gasteiger partial charge >= 0.3 is 0 Å². The second-order valence-electron chi connectivity index (χ2n) is 6.10. The Hall–Kier alpha value is -3.08. The van der Waals surface area contributed by atoms with Crippen LogP contribution in [0.4, 0.5) is 5.69 Å². The van der Waals surface area contributed by atoms with Crippen LogP contribution >= 0.6 is 0 Å². The van der Waals surface area contributed by atoms with Crippen molar-refractivity contribution in [3.05, 3.63) is 65.2 Å². The van der Waals surface area contributed by atoms with Crippen LogP contribution in [0.3, 0.4) is 0 Å². The lowest BCUT2D eigenvalue weighted by molar-refractivity contribution is -0.117. The Bertz CT molecular complexity index is 843. The molecule has 0 aromatic heterocycles. The van der Waals surface area contributed by atoms with Crippen molar-refractivity contribution in [2.75, 3.05) is 18.4 Å². The van der Waals surface area contributed by atoms with E-state index in [0.717, 1.165) is 12.8 Å². The number of carbonyl (C=O) groups excluding carboxylic acids is 1. The molecule has 0 radical (unpaired) electrons. The second kappa shape index (κ2) is 7.66. The zero-order valence-corrected chi connectivity index (χ0v) is 13.9. The number of rotatable bonds is 5. The van der Waals surface area contributed by atoms with Gasteiger partial charge in [0.2, 0.25) is 5.91 Å². The predicted octanol–water partition coefficient (Wildman–Crippen LogP) is 3.12. The fourth-order valence-corrected chi connectivity index (χ4v) is 3.32. The van der Waals surface area contributed by atoms with Gasteiger partial charge in [-0.15, -0.1) is 6.42 Å². The summed E-state index contributed by atoms with van der Waals surface area (Å²) in [5, 5.41) is 11.7. The maximum absolute atomic E-state index is 12.4. The van der Waals surface area contributed by atoms with Crippen LogP contribution in [0.2, 0.25) is 0 Å². The summed E-state index contributed by atoms with van der Waals surface area (Å²) in [4.78, 5) is 14.5. The maximum Gasteiger partial charge on any atom is 0.238 e. The van der Waals surface area contributed by atoms with E-state index < -0.39 is 0 Å². The number of amides is 1. The number of nitrogens with one attached hydrogen (secondary N) is 1. The lowest BCUT2D eigenvalue weighted by Gasteiger charge is -2.27. The molecule has 2 aromatic carbocycles. The number of hydrogen-bond acceptors (Lipinski definition) is 3. The Morgan fingerprint density at radius 1 is 1.24 bits per heavy atom. The van der Waals surface area contributed by atoms with E-state index >= 15 is 0 Å². The number of fused-ring (bicyclic) bond motifs is 1. The van der Waals surface area contributed by atoms with Gasteiger partial charge in [0.1, 0.15) is 0 Å². The Labute approximate surface area is 148 Å². The fraction of sp³-hybridized carbons (Fsp3) is 0.238. The molecule has 1 N–H and O–H groups in total. The molecule has 0 saturated carbocycles. The van der Waals surface area contributed by atoms with Gasteiger partial charge in [-0.05, 0) is 48.2 Å². The van der Waals surface area contributed by atoms with Crippen LogP contribution in [0.1, 0.15) is 29.2 Å². The summed E-state index contributed by atoms with van der Waals surface area (Å²) < 4.78 is 0. The zero-order chi connectivity index (χ0) is 17.6. The Morgan fingerprint density at radius 2 is 2.00 bits per heavy atom. The molecule has 0 fully saturated rings. The van der Waals surface area contributed by atoms with Crippen LogP contribution < -0.4 is 5.32 Å². The van der Waals surface area contributed by atoms with Gasteiger partial charge in [-0.2, -0.15) is 5.26 Å². The molecular formula is C21H19N3O. The van der Waals surface area contributed by atoms with E-state index in [-0.39, 0.29) is 18.5 Å². The molecule has 0 heterocycles. The molecule has 1 unspecified atom stereocenters. The number of carbonyl (C=O) groups is 1. The Balaban J connectivity index is 1.69. The van der Waals surface area contributed by atoms with Crippen molar-refractivity contribution >= 4 is 11.6 Å². The first-order valence-electron chi connectivity index (χ1n) is 8.26. The van der Waals surface area contributed by atoms with Crippen LogP contribution in [0.15, 0.2) is 48.5 Å². The molecular weight excluding hydrogens is 310 g/mol. The van der Waals surface area contributed by atoms with Crippen LogP contribution in [-0.4, -0.2) is 23.9 Å². The van der Waals surface area contributed by atoms with Gasteiger partial charge in [0.25, 0.3) is 0 Å². The molecule has 2 aromatic rings. The van der Waals surface area contributed by atoms with Crippen molar-refractivity contribution in [2.24, 2.45) is 0 Å². The zero-order valence-electron chi connectivity index (χ0n) is 13.9. The van der Waals surface area contributed by atoms with Gasteiger partial charge < -0.3 is 5.32 Å². The molecule has 4 nitrogen and oxygen atoms in total. The summed E-state index contributed by atoms with van der Waals surface area (Å²) in [5.41, 5.74) is 3.84. The second-order valence-corrected chi connectivity index (χ2v) is 6.10. The highest BCUT2D eigenvalue weighted by Crippen LogP contribution is 2.35. The molecule has 1 amide bonds. The van der Waals surface area contributed by atoms with E-state index in [1.165, 1.54) is 11.1 Å². The third kappa shape index (κ3) is 3.88. The van der Waals surface area contributed by atoms with Gasteiger partial charge in [0, 0.05) is 11.7 Å². The standard InChI is InChI=1S/C21H19N3O/c1-2-13-24(20-12-9-17-5-3-4-6-19(17)20)15-21(25)23-18-10-7-16(14-22)8-11-18/h1,3-8,10-11,20H,9,12-13,15H2,(H,23,25). The van der Waals surface area contributed by atoms with Crippen LogP contribution in [0.5, 0.6) is 0 Å². The number of hydrogen-bond donors (Lipinski definition) is 1. The Morgan fingerprint density at radius 3 is 2.72 bits per heavy atom. The summed E-state index contributed by atoms with van der Waals surface area (Å²) in [6.45, 7) is 0.670. The molecule has 3 rings (SSSR count). The van der Waals surface area contributed by atoms with E-state index in [1.54, 1.807) is 24.3 Å². The average molecular weight is 329 g/mol. The smallest absolute Gasteiger partial charge is 0.238 e. The molecule has 0 aliphatic heterocycles. The molecule has 124 valence electrons. The van der Waals surface area contributed by atoms with Crippen LogP contribution in [-0.2, 0) is 11.2 Å². The van der Waals surface area contributed by atoms with E-state index in [4.69, 9.17) is 11.7 Å². The maximum atomic E-state index is 12.4. The van der Waals surface area contributed by atoms with Gasteiger partial charge in [0.05, 0.1) is 24.7 Å². The highest BCUT2D eigenvalue weighted by molar-refractivity contribution is 5.92. The molecule has 0 bridgehead atoms. The summed E-state index contributed by atoms with van der Waals surface area (Å²) in [6, 6.07) is 17.4. The fourth-order valence-electron chi connectivity index (χ4n) is 3.32. The highest BCUT2D eigenvalue weighted by Gasteiger charge is 2.28. The first-order chi connectivity index (χ1) is 12.2. The van der Waals surface area contributed by atoms with Gasteiger partial charge in [0.15, 0.2) is 0 Å². The molecule has 1 aliphatic carbocycles. The minimum absolute atomic E-state index is 0.107. The normalized spacial score (nSPS) is 15.2. The Kier molecular flexibility index (Phi) is 5.14. The number of benzene rings is 2. The third-order valence-corrected chi connectivity index (χ3v) is 4.48. The molecule has 1 aliphatic rings. The van der Waals surface area contributed by atoms with Crippen molar-refractivity contribution in [1.29, 1.82) is 5.26 Å². The summed E-state index contributed by atoms with van der Waals surface area (Å²) in [7, 11) is 0. The average Bonchev–Trinajstić information content (AvgIpc) is 3.06. The largest absolute Gasteiger partial charge is 0.325 e. The SMILES string of the molecule is C#CCN(CC(=O)Nc1ccc(C#N)cc1)C1CCc2ccccc21. The third-order valence-electron chi connectivity index (χ3n) is 4.48. The van der Waals surface area contributed by atoms with E-state index in [9.17, 15) is 4.79 Å². The molecule has 25 heavy (non-hydrogen) atoms. The lowest BCUT2D eigenvalue weighted by Crippen LogP contribution is -2.36. The van der Waals surface area contributed by atoms with Crippen LogP contribution in [0.25, 0.3) is 0 Å². The highest BCUT2D eigenvalue weighted by atomic mass is 16.2. The predicted molar refractivity (Wildman–Crippen MR) is 97.7 cm³/mol. The van der Waals surface area contributed by atoms with E-state index in [1.807, 2.05) is 17.0 Å². The van der Waals surface area contributed by atoms with Crippen molar-refractivity contribution in [1.82, 2.24) is 4.90 Å². The van der Waals surface area contributed by atoms with Crippen molar-refractivity contribution in [2.45, 2.75) is 18.9 Å². The molecule has 0 saturated heterocycles. The van der Waals surface area contributed by atoms with E-state index in [2.05, 4.69) is 29.4 Å². The topological polar surface area (TPSA) is 56.1 Å². The number of terminal acetylenes is 1.